The summed E-state index contributed by atoms with van der Waals surface area (Å²) in [5.74, 6) is -0.241. The zero-order valence-corrected chi connectivity index (χ0v) is 13.7. The summed E-state index contributed by atoms with van der Waals surface area (Å²) in [7, 11) is 1.57. The van der Waals surface area contributed by atoms with Crippen LogP contribution in [0.15, 0.2) is 36.5 Å². The molecule has 0 aliphatic heterocycles. The Labute approximate surface area is 142 Å². The van der Waals surface area contributed by atoms with Gasteiger partial charge in [0, 0.05) is 11.6 Å². The Kier molecular flexibility index (Phi) is 4.20. The van der Waals surface area contributed by atoms with Gasteiger partial charge in [-0.1, -0.05) is 29.3 Å². The number of carbonyl (C=O) groups is 1. The van der Waals surface area contributed by atoms with Crippen LogP contribution < -0.4 is 4.74 Å². The maximum Gasteiger partial charge on any atom is 0.307 e. The third-order valence-corrected chi connectivity index (χ3v) is 4.41. The predicted octanol–water partition coefficient (Wildman–Crippen LogP) is 4.78. The number of nitrogens with one attached hydrogen (secondary N) is 1. The largest absolute Gasteiger partial charge is 0.495 e. The van der Waals surface area contributed by atoms with E-state index in [0.29, 0.717) is 21.4 Å². The van der Waals surface area contributed by atoms with Gasteiger partial charge in [0.25, 0.3) is 0 Å². The molecule has 0 saturated carbocycles. The number of rotatable bonds is 4. The molecule has 2 aromatic carbocycles. The Bertz CT molecular complexity index is 902. The molecule has 3 rings (SSSR count). The smallest absolute Gasteiger partial charge is 0.307 e. The minimum absolute atomic E-state index is 0.0819. The van der Waals surface area contributed by atoms with Crippen molar-refractivity contribution in [1.29, 1.82) is 0 Å². The van der Waals surface area contributed by atoms with Crippen LogP contribution in [-0.4, -0.2) is 23.2 Å². The van der Waals surface area contributed by atoms with E-state index in [0.717, 1.165) is 22.0 Å². The molecule has 0 amide bonds. The maximum absolute atomic E-state index is 11.1. The molecule has 0 unspecified atom stereocenters. The highest BCUT2D eigenvalue weighted by atomic mass is 35.5. The van der Waals surface area contributed by atoms with Crippen LogP contribution in [0.2, 0.25) is 10.0 Å². The lowest BCUT2D eigenvalue weighted by Crippen LogP contribution is -1.99. The number of fused-ring (bicyclic) bond motifs is 1. The summed E-state index contributed by atoms with van der Waals surface area (Å²) in [6, 6.07) is 9.07. The molecule has 0 bridgehead atoms. The lowest BCUT2D eigenvalue weighted by molar-refractivity contribution is -0.136. The summed E-state index contributed by atoms with van der Waals surface area (Å²) in [5.41, 5.74) is 3.18. The number of halogens is 2. The Morgan fingerprint density at radius 3 is 2.65 bits per heavy atom. The van der Waals surface area contributed by atoms with Crippen molar-refractivity contribution in [2.45, 2.75) is 6.42 Å². The van der Waals surface area contributed by atoms with Crippen molar-refractivity contribution in [3.05, 3.63) is 52.1 Å². The van der Waals surface area contributed by atoms with Crippen molar-refractivity contribution in [3.8, 4) is 16.9 Å². The summed E-state index contributed by atoms with van der Waals surface area (Å²) in [4.78, 5) is 14.2. The summed E-state index contributed by atoms with van der Waals surface area (Å²) in [5, 5.41) is 10.9. The van der Waals surface area contributed by atoms with Gasteiger partial charge in [-0.15, -0.1) is 0 Å². The number of carboxylic acids is 1. The molecule has 1 aromatic heterocycles. The van der Waals surface area contributed by atoms with Gasteiger partial charge in [0.1, 0.15) is 5.75 Å². The third kappa shape index (κ3) is 2.87. The van der Waals surface area contributed by atoms with E-state index < -0.39 is 5.97 Å². The van der Waals surface area contributed by atoms with Gasteiger partial charge in [0.05, 0.1) is 29.1 Å². The summed E-state index contributed by atoms with van der Waals surface area (Å²) >= 11 is 12.1. The Balaban J connectivity index is 2.29. The third-order valence-electron chi connectivity index (χ3n) is 3.67. The lowest BCUT2D eigenvalue weighted by atomic mass is 9.97. The molecule has 1 heterocycles. The first-order valence-electron chi connectivity index (χ1n) is 6.85. The van der Waals surface area contributed by atoms with Crippen LogP contribution in [0.25, 0.3) is 22.0 Å². The molecule has 4 nitrogen and oxygen atoms in total. The van der Waals surface area contributed by atoms with Gasteiger partial charge < -0.3 is 14.8 Å². The fourth-order valence-corrected chi connectivity index (χ4v) is 2.97. The van der Waals surface area contributed by atoms with Crippen LogP contribution in [0.3, 0.4) is 0 Å². The first kappa shape index (κ1) is 15.7. The maximum atomic E-state index is 11.1. The molecule has 2 N–H and O–H groups in total. The SMILES string of the molecule is COc1ccc(-c2ccc(Cl)c(Cl)c2)c2c(CC(=O)O)c[nH]c12. The van der Waals surface area contributed by atoms with E-state index in [1.54, 1.807) is 25.4 Å². The molecule has 0 aliphatic rings. The Hall–Kier alpha value is -2.17. The number of hydrogen-bond donors (Lipinski definition) is 2. The topological polar surface area (TPSA) is 62.3 Å². The van der Waals surface area contributed by atoms with Crippen LogP contribution in [-0.2, 0) is 11.2 Å². The van der Waals surface area contributed by atoms with E-state index in [2.05, 4.69) is 4.98 Å². The molecule has 0 spiro atoms. The molecule has 23 heavy (non-hydrogen) atoms. The number of carboxylic acid groups (broad SMARTS) is 1. The summed E-state index contributed by atoms with van der Waals surface area (Å²) in [6.07, 6.45) is 1.61. The molecular formula is C17H13Cl2NO3. The van der Waals surface area contributed by atoms with E-state index in [9.17, 15) is 4.79 Å². The average molecular weight is 350 g/mol. The van der Waals surface area contributed by atoms with Crippen molar-refractivity contribution in [3.63, 3.8) is 0 Å². The number of ether oxygens (including phenoxy) is 1. The van der Waals surface area contributed by atoms with Gasteiger partial charge in [0.2, 0.25) is 0 Å². The van der Waals surface area contributed by atoms with E-state index in [1.807, 2.05) is 18.2 Å². The Morgan fingerprint density at radius 1 is 1.22 bits per heavy atom. The van der Waals surface area contributed by atoms with Gasteiger partial charge in [0.15, 0.2) is 0 Å². The molecule has 0 atom stereocenters. The molecular weight excluding hydrogens is 337 g/mol. The number of hydrogen-bond acceptors (Lipinski definition) is 2. The Morgan fingerprint density at radius 2 is 2.00 bits per heavy atom. The zero-order chi connectivity index (χ0) is 16.6. The number of H-pyrrole nitrogens is 1. The van der Waals surface area contributed by atoms with E-state index in [-0.39, 0.29) is 6.42 Å². The van der Waals surface area contributed by atoms with E-state index >= 15 is 0 Å². The normalized spacial score (nSPS) is 10.9. The second-order valence-electron chi connectivity index (χ2n) is 5.08. The minimum Gasteiger partial charge on any atom is -0.495 e. The monoisotopic (exact) mass is 349 g/mol. The first-order chi connectivity index (χ1) is 11.0. The van der Waals surface area contributed by atoms with Gasteiger partial charge >= 0.3 is 5.97 Å². The van der Waals surface area contributed by atoms with Gasteiger partial charge in [-0.25, -0.2) is 0 Å². The second-order valence-corrected chi connectivity index (χ2v) is 5.89. The quantitative estimate of drug-likeness (QED) is 0.712. The second kappa shape index (κ2) is 6.14. The highest BCUT2D eigenvalue weighted by Gasteiger charge is 2.16. The first-order valence-corrected chi connectivity index (χ1v) is 7.61. The summed E-state index contributed by atoms with van der Waals surface area (Å²) in [6.45, 7) is 0. The molecule has 6 heteroatoms. The minimum atomic E-state index is -0.895. The highest BCUT2D eigenvalue weighted by Crippen LogP contribution is 2.38. The molecule has 0 aliphatic carbocycles. The molecule has 0 fully saturated rings. The number of aromatic nitrogens is 1. The van der Waals surface area contributed by atoms with E-state index in [4.69, 9.17) is 33.0 Å². The van der Waals surface area contributed by atoms with Crippen molar-refractivity contribution in [2.24, 2.45) is 0 Å². The zero-order valence-electron chi connectivity index (χ0n) is 12.2. The fourth-order valence-electron chi connectivity index (χ4n) is 2.67. The summed E-state index contributed by atoms with van der Waals surface area (Å²) < 4.78 is 5.35. The van der Waals surface area contributed by atoms with Crippen LogP contribution in [0, 0.1) is 0 Å². The van der Waals surface area contributed by atoms with Gasteiger partial charge in [-0.05, 0) is 41.0 Å². The number of aromatic amines is 1. The van der Waals surface area contributed by atoms with Crippen LogP contribution >= 0.6 is 23.2 Å². The number of methoxy groups -OCH3 is 1. The van der Waals surface area contributed by atoms with Crippen LogP contribution in [0.4, 0.5) is 0 Å². The molecule has 0 radical (unpaired) electrons. The van der Waals surface area contributed by atoms with Crippen molar-refractivity contribution in [2.75, 3.05) is 7.11 Å². The number of aliphatic carboxylic acids is 1. The van der Waals surface area contributed by atoms with Gasteiger partial charge in [-0.2, -0.15) is 0 Å². The predicted molar refractivity (Wildman–Crippen MR) is 91.6 cm³/mol. The fraction of sp³-hybridized carbons (Fsp3) is 0.118. The molecule has 118 valence electrons. The standard InChI is InChI=1S/C17H13Cl2NO3/c1-23-14-5-3-11(9-2-4-12(18)13(19)6-9)16-10(7-15(21)22)8-20-17(14)16/h2-6,8,20H,7H2,1H3,(H,21,22). The van der Waals surface area contributed by atoms with Crippen molar-refractivity contribution in [1.82, 2.24) is 4.98 Å². The van der Waals surface area contributed by atoms with E-state index in [1.165, 1.54) is 0 Å². The van der Waals surface area contributed by atoms with Crippen LogP contribution in [0.5, 0.6) is 5.75 Å². The number of benzene rings is 2. The molecule has 3 aromatic rings. The van der Waals surface area contributed by atoms with Gasteiger partial charge in [-0.3, -0.25) is 4.79 Å². The van der Waals surface area contributed by atoms with Crippen molar-refractivity contribution < 1.29 is 14.6 Å². The van der Waals surface area contributed by atoms with Crippen LogP contribution in [0.1, 0.15) is 5.56 Å². The average Bonchev–Trinajstić information content (AvgIpc) is 2.92. The highest BCUT2D eigenvalue weighted by molar-refractivity contribution is 6.42. The lowest BCUT2D eigenvalue weighted by Gasteiger charge is -2.10. The van der Waals surface area contributed by atoms with Crippen molar-refractivity contribution >= 4 is 40.1 Å². The molecule has 0 saturated heterocycles.